The predicted molar refractivity (Wildman–Crippen MR) is 87.3 cm³/mol. The Morgan fingerprint density at radius 3 is 2.83 bits per heavy atom. The van der Waals surface area contributed by atoms with Crippen molar-refractivity contribution in [1.29, 1.82) is 0 Å². The highest BCUT2D eigenvalue weighted by Crippen LogP contribution is 2.18. The summed E-state index contributed by atoms with van der Waals surface area (Å²) in [6.45, 7) is 2.58. The number of hydrogen-bond acceptors (Lipinski definition) is 4. The Kier molecular flexibility index (Phi) is 6.11. The monoisotopic (exact) mass is 313 g/mol. The number of carbonyl (C=O) groups excluding carboxylic acids is 2. The number of amides is 2. The summed E-state index contributed by atoms with van der Waals surface area (Å²) in [5.41, 5.74) is 1.34. The molecule has 0 saturated carbocycles. The minimum atomic E-state index is -0.384. The Balaban J connectivity index is 1.91. The first-order chi connectivity index (χ1) is 11.2. The second-order valence-corrected chi connectivity index (χ2v) is 4.92. The van der Waals surface area contributed by atoms with Gasteiger partial charge in [0, 0.05) is 30.7 Å². The van der Waals surface area contributed by atoms with Gasteiger partial charge in [-0.3, -0.25) is 9.78 Å². The van der Waals surface area contributed by atoms with E-state index in [1.54, 1.807) is 42.7 Å². The zero-order valence-electron chi connectivity index (χ0n) is 12.9. The van der Waals surface area contributed by atoms with E-state index in [0.29, 0.717) is 18.0 Å². The van der Waals surface area contributed by atoms with Gasteiger partial charge in [-0.1, -0.05) is 19.1 Å². The molecule has 23 heavy (non-hydrogen) atoms. The molecule has 0 unspecified atom stereocenters. The lowest BCUT2D eigenvalue weighted by Crippen LogP contribution is -2.29. The van der Waals surface area contributed by atoms with Crippen LogP contribution in [0.15, 0.2) is 48.8 Å². The van der Waals surface area contributed by atoms with E-state index in [1.807, 2.05) is 13.0 Å². The SMILES string of the molecule is CCCNC(=O)Nc1cccc(OC(=O)Cc2cccnc2)c1. The Bertz CT molecular complexity index is 659. The van der Waals surface area contributed by atoms with Crippen molar-refractivity contribution in [3.8, 4) is 5.75 Å². The van der Waals surface area contributed by atoms with Gasteiger partial charge in [-0.2, -0.15) is 0 Å². The second kappa shape index (κ2) is 8.53. The number of esters is 1. The smallest absolute Gasteiger partial charge is 0.319 e. The van der Waals surface area contributed by atoms with Crippen molar-refractivity contribution in [3.63, 3.8) is 0 Å². The molecule has 0 atom stereocenters. The molecule has 0 aliphatic heterocycles. The van der Waals surface area contributed by atoms with E-state index in [1.165, 1.54) is 0 Å². The van der Waals surface area contributed by atoms with E-state index in [9.17, 15) is 9.59 Å². The van der Waals surface area contributed by atoms with Gasteiger partial charge in [0.25, 0.3) is 0 Å². The van der Waals surface area contributed by atoms with Gasteiger partial charge in [0.05, 0.1) is 6.42 Å². The topological polar surface area (TPSA) is 80.3 Å². The minimum Gasteiger partial charge on any atom is -0.426 e. The number of anilines is 1. The van der Waals surface area contributed by atoms with Crippen LogP contribution in [-0.2, 0) is 11.2 Å². The zero-order chi connectivity index (χ0) is 16.5. The van der Waals surface area contributed by atoms with E-state index in [-0.39, 0.29) is 18.4 Å². The van der Waals surface area contributed by atoms with Gasteiger partial charge in [-0.15, -0.1) is 0 Å². The lowest BCUT2D eigenvalue weighted by atomic mass is 10.2. The Morgan fingerprint density at radius 2 is 2.09 bits per heavy atom. The van der Waals surface area contributed by atoms with Crippen LogP contribution in [0.4, 0.5) is 10.5 Å². The molecular formula is C17H19N3O3. The third-order valence-electron chi connectivity index (χ3n) is 2.93. The summed E-state index contributed by atoms with van der Waals surface area (Å²) in [4.78, 5) is 27.5. The highest BCUT2D eigenvalue weighted by Gasteiger charge is 2.08. The lowest BCUT2D eigenvalue weighted by Gasteiger charge is -2.09. The van der Waals surface area contributed by atoms with E-state index >= 15 is 0 Å². The normalized spacial score (nSPS) is 9.96. The molecule has 2 N–H and O–H groups in total. The van der Waals surface area contributed by atoms with E-state index < -0.39 is 0 Å². The summed E-state index contributed by atoms with van der Waals surface area (Å²) in [7, 11) is 0. The number of aromatic nitrogens is 1. The fraction of sp³-hybridized carbons (Fsp3) is 0.235. The maximum absolute atomic E-state index is 11.9. The number of carbonyl (C=O) groups is 2. The van der Waals surface area contributed by atoms with Gasteiger partial charge in [0.1, 0.15) is 5.75 Å². The number of nitrogens with zero attached hydrogens (tertiary/aromatic N) is 1. The minimum absolute atomic E-state index is 0.141. The van der Waals surface area contributed by atoms with Crippen LogP contribution in [-0.4, -0.2) is 23.5 Å². The van der Waals surface area contributed by atoms with Crippen LogP contribution in [0.5, 0.6) is 5.75 Å². The number of pyridine rings is 1. The summed E-state index contributed by atoms with van der Waals surface area (Å²) in [6, 6.07) is 9.99. The third-order valence-corrected chi connectivity index (χ3v) is 2.93. The molecule has 0 saturated heterocycles. The van der Waals surface area contributed by atoms with Crippen molar-refractivity contribution in [2.45, 2.75) is 19.8 Å². The molecule has 0 aliphatic carbocycles. The maximum atomic E-state index is 11.9. The summed E-state index contributed by atoms with van der Waals surface area (Å²) in [5, 5.41) is 5.40. The molecule has 1 aromatic carbocycles. The molecule has 0 aliphatic rings. The number of rotatable bonds is 6. The van der Waals surface area contributed by atoms with Crippen LogP contribution in [0.3, 0.4) is 0 Å². The highest BCUT2D eigenvalue weighted by molar-refractivity contribution is 5.89. The fourth-order valence-corrected chi connectivity index (χ4v) is 1.89. The number of nitrogens with one attached hydrogen (secondary N) is 2. The molecule has 6 heteroatoms. The molecular weight excluding hydrogens is 294 g/mol. The van der Waals surface area contributed by atoms with Crippen molar-refractivity contribution in [1.82, 2.24) is 10.3 Å². The molecule has 6 nitrogen and oxygen atoms in total. The number of ether oxygens (including phenoxy) is 1. The molecule has 1 heterocycles. The number of hydrogen-bond donors (Lipinski definition) is 2. The third kappa shape index (κ3) is 5.78. The second-order valence-electron chi connectivity index (χ2n) is 4.92. The largest absolute Gasteiger partial charge is 0.426 e. The van der Waals surface area contributed by atoms with Gasteiger partial charge in [0.2, 0.25) is 0 Å². The standard InChI is InChI=1S/C17H19N3O3/c1-2-8-19-17(22)20-14-6-3-7-15(11-14)23-16(21)10-13-5-4-9-18-12-13/h3-7,9,11-12H,2,8,10H2,1H3,(H2,19,20,22). The Labute approximate surface area is 134 Å². The van der Waals surface area contributed by atoms with Crippen molar-refractivity contribution in [2.75, 3.05) is 11.9 Å². The van der Waals surface area contributed by atoms with Gasteiger partial charge >= 0.3 is 12.0 Å². The molecule has 1 aromatic heterocycles. The van der Waals surface area contributed by atoms with Crippen LogP contribution >= 0.6 is 0 Å². The lowest BCUT2D eigenvalue weighted by molar-refractivity contribution is -0.133. The van der Waals surface area contributed by atoms with E-state index in [2.05, 4.69) is 15.6 Å². The van der Waals surface area contributed by atoms with Gasteiger partial charge in [-0.05, 0) is 30.2 Å². The average Bonchev–Trinajstić information content (AvgIpc) is 2.54. The first-order valence-electron chi connectivity index (χ1n) is 7.42. The van der Waals surface area contributed by atoms with Crippen molar-refractivity contribution >= 4 is 17.7 Å². The van der Waals surface area contributed by atoms with Crippen molar-refractivity contribution in [3.05, 3.63) is 54.4 Å². The van der Waals surface area contributed by atoms with Crippen LogP contribution in [0.25, 0.3) is 0 Å². The molecule has 0 radical (unpaired) electrons. The Morgan fingerprint density at radius 1 is 1.22 bits per heavy atom. The molecule has 120 valence electrons. The maximum Gasteiger partial charge on any atom is 0.319 e. The summed E-state index contributed by atoms with van der Waals surface area (Å²) >= 11 is 0. The number of benzene rings is 1. The molecule has 2 aromatic rings. The Hall–Kier alpha value is -2.89. The first kappa shape index (κ1) is 16.5. The van der Waals surface area contributed by atoms with Gasteiger partial charge in [-0.25, -0.2) is 4.79 Å². The van der Waals surface area contributed by atoms with Gasteiger partial charge in [0.15, 0.2) is 0 Å². The van der Waals surface area contributed by atoms with Crippen LogP contribution in [0.2, 0.25) is 0 Å². The first-order valence-corrected chi connectivity index (χ1v) is 7.42. The molecule has 0 spiro atoms. The number of urea groups is 1. The summed E-state index contributed by atoms with van der Waals surface area (Å²) < 4.78 is 5.28. The van der Waals surface area contributed by atoms with Gasteiger partial charge < -0.3 is 15.4 Å². The average molecular weight is 313 g/mol. The molecule has 0 fully saturated rings. The summed E-state index contributed by atoms with van der Waals surface area (Å²) in [5.74, 6) is -0.00207. The molecule has 0 bridgehead atoms. The van der Waals surface area contributed by atoms with E-state index in [0.717, 1.165) is 12.0 Å². The van der Waals surface area contributed by atoms with Crippen molar-refractivity contribution < 1.29 is 14.3 Å². The zero-order valence-corrected chi connectivity index (χ0v) is 12.9. The summed E-state index contributed by atoms with van der Waals surface area (Å²) in [6.07, 6.45) is 4.27. The predicted octanol–water partition coefficient (Wildman–Crippen LogP) is 2.76. The molecule has 2 rings (SSSR count). The van der Waals surface area contributed by atoms with E-state index in [4.69, 9.17) is 4.74 Å². The fourth-order valence-electron chi connectivity index (χ4n) is 1.89. The van der Waals surface area contributed by atoms with Crippen LogP contribution < -0.4 is 15.4 Å². The van der Waals surface area contributed by atoms with Crippen LogP contribution in [0, 0.1) is 0 Å². The highest BCUT2D eigenvalue weighted by atomic mass is 16.5. The van der Waals surface area contributed by atoms with Crippen molar-refractivity contribution in [2.24, 2.45) is 0 Å². The molecule has 2 amide bonds. The quantitative estimate of drug-likeness (QED) is 0.635. The van der Waals surface area contributed by atoms with Crippen LogP contribution in [0.1, 0.15) is 18.9 Å².